The van der Waals surface area contributed by atoms with Gasteiger partial charge in [-0.25, -0.2) is 11.4 Å². The topological polar surface area (TPSA) is 67.7 Å². The molecule has 13 heavy (non-hydrogen) atoms. The summed E-state index contributed by atoms with van der Waals surface area (Å²) in [7, 11) is 0. The van der Waals surface area contributed by atoms with Crippen LogP contribution in [0.3, 0.4) is 0 Å². The largest absolute Gasteiger partial charge is 0.480 e. The Labute approximate surface area is 83.7 Å². The van der Waals surface area contributed by atoms with E-state index < -0.39 is 11.5 Å². The number of nitrogens with zero attached hydrogens (tertiary/aromatic N) is 1. The molecule has 3 N–H and O–H groups in total. The summed E-state index contributed by atoms with van der Waals surface area (Å²) in [6.45, 7) is 8.24. The summed E-state index contributed by atoms with van der Waals surface area (Å²) in [6.07, 6.45) is 3.57. The van der Waals surface area contributed by atoms with Gasteiger partial charge in [-0.15, -0.1) is 12.4 Å². The number of halogens is 1. The van der Waals surface area contributed by atoms with Gasteiger partial charge in [-0.2, -0.15) is 0 Å². The lowest BCUT2D eigenvalue weighted by atomic mass is 10.0. The van der Waals surface area contributed by atoms with Crippen molar-refractivity contribution in [1.82, 2.24) is 0 Å². The predicted molar refractivity (Wildman–Crippen MR) is 52.7 cm³/mol. The van der Waals surface area contributed by atoms with E-state index in [1.807, 2.05) is 0 Å². The molecule has 0 amide bonds. The zero-order chi connectivity index (χ0) is 9.61. The lowest BCUT2D eigenvalue weighted by molar-refractivity contribution is -0.140. The number of carboxylic acids is 1. The zero-order valence-corrected chi connectivity index (χ0v) is 8.17. The van der Waals surface area contributed by atoms with Gasteiger partial charge in [-0.05, 0) is 6.92 Å². The maximum Gasteiger partial charge on any atom is 0.327 e. The van der Waals surface area contributed by atoms with E-state index in [1.165, 1.54) is 13.0 Å². The summed E-state index contributed by atoms with van der Waals surface area (Å²) >= 11 is 0. The summed E-state index contributed by atoms with van der Waals surface area (Å²) in [5, 5.41) is 8.56. The van der Waals surface area contributed by atoms with Crippen LogP contribution in [-0.4, -0.2) is 23.2 Å². The first-order valence-electron chi connectivity index (χ1n) is 3.54. The summed E-state index contributed by atoms with van der Waals surface area (Å²) < 4.78 is 0. The summed E-state index contributed by atoms with van der Waals surface area (Å²) in [6, 6.07) is 0. The maximum atomic E-state index is 10.4. The highest BCUT2D eigenvalue weighted by Crippen LogP contribution is 2.01. The smallest absolute Gasteiger partial charge is 0.327 e. The van der Waals surface area contributed by atoms with Crippen molar-refractivity contribution in [3.63, 3.8) is 0 Å². The van der Waals surface area contributed by atoms with Crippen LogP contribution in [0, 0.1) is 6.57 Å². The van der Waals surface area contributed by atoms with E-state index in [1.54, 1.807) is 6.08 Å². The van der Waals surface area contributed by atoms with Crippen molar-refractivity contribution >= 4 is 18.4 Å². The number of nitrogens with two attached hydrogens (primary N) is 1. The van der Waals surface area contributed by atoms with Crippen LogP contribution in [0.25, 0.3) is 4.85 Å². The van der Waals surface area contributed by atoms with Gasteiger partial charge in [-0.1, -0.05) is 12.2 Å². The molecule has 0 aromatic heterocycles. The molecule has 0 aromatic rings. The Bertz CT molecular complexity index is 231. The minimum absolute atomic E-state index is 0. The van der Waals surface area contributed by atoms with Crippen molar-refractivity contribution < 1.29 is 9.90 Å². The van der Waals surface area contributed by atoms with E-state index in [9.17, 15) is 4.79 Å². The molecule has 1 unspecified atom stereocenters. The van der Waals surface area contributed by atoms with Crippen LogP contribution >= 0.6 is 12.4 Å². The molecule has 0 fully saturated rings. The van der Waals surface area contributed by atoms with Gasteiger partial charge in [0.2, 0.25) is 6.54 Å². The Morgan fingerprint density at radius 3 is 2.69 bits per heavy atom. The second-order valence-corrected chi connectivity index (χ2v) is 2.66. The third-order valence-corrected chi connectivity index (χ3v) is 1.33. The minimum Gasteiger partial charge on any atom is -0.480 e. The van der Waals surface area contributed by atoms with E-state index in [0.717, 1.165) is 0 Å². The Morgan fingerprint density at radius 2 is 2.31 bits per heavy atom. The molecule has 74 valence electrons. The van der Waals surface area contributed by atoms with Crippen molar-refractivity contribution in [2.24, 2.45) is 5.73 Å². The Morgan fingerprint density at radius 1 is 1.77 bits per heavy atom. The summed E-state index contributed by atoms with van der Waals surface area (Å²) in [4.78, 5) is 13.6. The van der Waals surface area contributed by atoms with Crippen molar-refractivity contribution in [3.8, 4) is 0 Å². The second kappa shape index (κ2) is 6.46. The van der Waals surface area contributed by atoms with Gasteiger partial charge in [0.05, 0.1) is 0 Å². The molecule has 5 heteroatoms. The molecule has 0 saturated carbocycles. The van der Waals surface area contributed by atoms with E-state index in [0.29, 0.717) is 13.0 Å². The SMILES string of the molecule is Cl.[C-]#[N+]CC/C=C\C(C)(N)C(=O)O. The molecule has 4 nitrogen and oxygen atoms in total. The molecule has 0 aliphatic carbocycles. The van der Waals surface area contributed by atoms with Crippen molar-refractivity contribution in [3.05, 3.63) is 23.6 Å². The van der Waals surface area contributed by atoms with Crippen LogP contribution in [0.15, 0.2) is 12.2 Å². The molecule has 1 atom stereocenters. The van der Waals surface area contributed by atoms with Gasteiger partial charge in [0.15, 0.2) is 0 Å². The third-order valence-electron chi connectivity index (χ3n) is 1.33. The molecule has 0 saturated heterocycles. The lowest BCUT2D eigenvalue weighted by Crippen LogP contribution is -2.42. The summed E-state index contributed by atoms with van der Waals surface area (Å²) in [5.41, 5.74) is 4.06. The fraction of sp³-hybridized carbons (Fsp3) is 0.500. The first-order valence-corrected chi connectivity index (χ1v) is 3.54. The highest BCUT2D eigenvalue weighted by Gasteiger charge is 2.23. The predicted octanol–water partition coefficient (Wildman–Crippen LogP) is 1.08. The Kier molecular flexibility index (Phi) is 7.20. The van der Waals surface area contributed by atoms with Crippen molar-refractivity contribution in [2.45, 2.75) is 18.9 Å². The standard InChI is InChI=1S/C8H12N2O2.ClH/c1-8(9,7(11)12)5-3-4-6-10-2;/h3,5H,4,6,9H2,1H3,(H,11,12);1H/b5-3-;. The zero-order valence-electron chi connectivity index (χ0n) is 7.36. The molecule has 0 spiro atoms. The average molecular weight is 205 g/mol. The minimum atomic E-state index is -1.32. The van der Waals surface area contributed by atoms with E-state index in [2.05, 4.69) is 4.85 Å². The fourth-order valence-electron chi connectivity index (χ4n) is 0.539. The number of rotatable bonds is 4. The van der Waals surface area contributed by atoms with Crippen LogP contribution in [-0.2, 0) is 4.79 Å². The van der Waals surface area contributed by atoms with Crippen LogP contribution < -0.4 is 5.73 Å². The fourth-order valence-corrected chi connectivity index (χ4v) is 0.539. The quantitative estimate of drug-likeness (QED) is 0.409. The molecule has 0 aromatic carbocycles. The molecule has 0 aliphatic rings. The van der Waals surface area contributed by atoms with Crippen LogP contribution in [0.1, 0.15) is 13.3 Å². The molecular weight excluding hydrogens is 192 g/mol. The van der Waals surface area contributed by atoms with E-state index in [-0.39, 0.29) is 12.4 Å². The van der Waals surface area contributed by atoms with Crippen LogP contribution in [0.2, 0.25) is 0 Å². The highest BCUT2D eigenvalue weighted by molar-refractivity contribution is 5.85. The second-order valence-electron chi connectivity index (χ2n) is 2.66. The Hall–Kier alpha value is -1.05. The van der Waals surface area contributed by atoms with Gasteiger partial charge in [0.1, 0.15) is 5.54 Å². The monoisotopic (exact) mass is 204 g/mol. The Balaban J connectivity index is 0. The van der Waals surface area contributed by atoms with Gasteiger partial charge in [0, 0.05) is 6.42 Å². The first kappa shape index (κ1) is 14.5. The van der Waals surface area contributed by atoms with Crippen LogP contribution in [0.5, 0.6) is 0 Å². The van der Waals surface area contributed by atoms with Gasteiger partial charge >= 0.3 is 5.97 Å². The first-order chi connectivity index (χ1) is 5.50. The van der Waals surface area contributed by atoms with Gasteiger partial charge in [0.25, 0.3) is 0 Å². The molecule has 0 heterocycles. The number of carbonyl (C=O) groups is 1. The van der Waals surface area contributed by atoms with Crippen molar-refractivity contribution in [2.75, 3.05) is 6.54 Å². The number of hydrogen-bond donors (Lipinski definition) is 2. The van der Waals surface area contributed by atoms with Crippen molar-refractivity contribution in [1.29, 1.82) is 0 Å². The molecular formula is C8H13ClN2O2. The van der Waals surface area contributed by atoms with Gasteiger partial charge < -0.3 is 15.7 Å². The molecule has 0 aliphatic heterocycles. The molecule has 0 rings (SSSR count). The third kappa shape index (κ3) is 6.14. The van der Waals surface area contributed by atoms with E-state index in [4.69, 9.17) is 17.4 Å². The summed E-state index contributed by atoms with van der Waals surface area (Å²) in [5.74, 6) is -1.07. The number of hydrogen-bond acceptors (Lipinski definition) is 2. The number of aliphatic carboxylic acids is 1. The molecule has 0 radical (unpaired) electrons. The number of carboxylic acid groups (broad SMARTS) is 1. The van der Waals surface area contributed by atoms with E-state index >= 15 is 0 Å². The molecule has 0 bridgehead atoms. The van der Waals surface area contributed by atoms with Gasteiger partial charge in [-0.3, -0.25) is 0 Å². The lowest BCUT2D eigenvalue weighted by Gasteiger charge is -2.12. The normalized spacial score (nSPS) is 14.2. The highest BCUT2D eigenvalue weighted by atomic mass is 35.5. The average Bonchev–Trinajstić information content (AvgIpc) is 1.98. The van der Waals surface area contributed by atoms with Crippen LogP contribution in [0.4, 0.5) is 0 Å². The maximum absolute atomic E-state index is 10.4.